The van der Waals surface area contributed by atoms with Gasteiger partial charge in [-0.15, -0.1) is 0 Å². The van der Waals surface area contributed by atoms with Gasteiger partial charge < -0.3 is 0 Å². The average molecular weight is 542 g/mol. The standard InChI is InChI=1S/C15H27OSi.3C4H9.Sn/c1-9-11-12-13(3)14(10-2)16-17(7,8)15(4,5)6;3*1-3-4-2;/h2,10,13-14H,12H2,1,3-8H3;3*1,3-4H2,2H3;/t13-,14+;;;;/m0..../s1. The molecule has 0 unspecified atom stereocenters. The number of hydrogen-bond donors (Lipinski definition) is 0. The molecule has 30 heavy (non-hydrogen) atoms. The fraction of sp³-hybridized carbons (Fsp3) is 0.852. The van der Waals surface area contributed by atoms with Crippen molar-refractivity contribution < 1.29 is 4.43 Å². The molecule has 0 aliphatic rings. The molecule has 0 bridgehead atoms. The third kappa shape index (κ3) is 11.2. The Balaban J connectivity index is 5.90. The first-order chi connectivity index (χ1) is 14.0. The summed E-state index contributed by atoms with van der Waals surface area (Å²) in [5.74, 6) is 6.87. The van der Waals surface area contributed by atoms with Crippen LogP contribution in [0.4, 0.5) is 0 Å². The van der Waals surface area contributed by atoms with Gasteiger partial charge in [-0.05, 0) is 0 Å². The van der Waals surface area contributed by atoms with Crippen LogP contribution in [-0.4, -0.2) is 32.8 Å². The van der Waals surface area contributed by atoms with Crippen LogP contribution in [0.3, 0.4) is 0 Å². The SMILES string of the molecule is CC#CC[C@H](C)[C@@H](/C=[CH]/[Sn]([CH2]CCC)([CH2]CCC)[CH2]CCC)O[Si](C)(C)C(C)(C)C. The normalized spacial score (nSPS) is 15.1. The first kappa shape index (κ1) is 30.3. The van der Waals surface area contributed by atoms with Gasteiger partial charge in [0.15, 0.2) is 0 Å². The van der Waals surface area contributed by atoms with E-state index < -0.39 is 26.7 Å². The monoisotopic (exact) mass is 542 g/mol. The first-order valence-electron chi connectivity index (χ1n) is 12.7. The molecule has 0 saturated carbocycles. The summed E-state index contributed by atoms with van der Waals surface area (Å²) >= 11 is -2.29. The van der Waals surface area contributed by atoms with Crippen molar-refractivity contribution in [3.63, 3.8) is 0 Å². The second-order valence-electron chi connectivity index (χ2n) is 11.0. The molecule has 0 spiro atoms. The summed E-state index contributed by atoms with van der Waals surface area (Å²) < 4.78 is 14.4. The van der Waals surface area contributed by atoms with Gasteiger partial charge in [0.2, 0.25) is 0 Å². The van der Waals surface area contributed by atoms with Crippen LogP contribution in [0.15, 0.2) is 10.2 Å². The van der Waals surface area contributed by atoms with Crippen molar-refractivity contribution in [1.29, 1.82) is 0 Å². The van der Waals surface area contributed by atoms with Gasteiger partial charge in [0.1, 0.15) is 0 Å². The molecule has 0 aliphatic carbocycles. The molecule has 0 heterocycles. The summed E-state index contributed by atoms with van der Waals surface area (Å²) in [5, 5.41) is 0.238. The predicted octanol–water partition coefficient (Wildman–Crippen LogP) is 9.37. The van der Waals surface area contributed by atoms with Crippen LogP contribution in [-0.2, 0) is 4.43 Å². The van der Waals surface area contributed by atoms with Crippen molar-refractivity contribution >= 4 is 26.7 Å². The van der Waals surface area contributed by atoms with Crippen molar-refractivity contribution in [2.45, 2.75) is 138 Å². The van der Waals surface area contributed by atoms with E-state index in [1.54, 1.807) is 0 Å². The van der Waals surface area contributed by atoms with Crippen molar-refractivity contribution in [3.8, 4) is 11.8 Å². The van der Waals surface area contributed by atoms with E-state index in [1.165, 1.54) is 51.8 Å². The summed E-state index contributed by atoms with van der Waals surface area (Å²) in [4.78, 5) is 0. The van der Waals surface area contributed by atoms with E-state index in [-0.39, 0.29) is 11.1 Å². The Morgan fingerprint density at radius 3 is 1.77 bits per heavy atom. The minimum absolute atomic E-state index is 0.215. The molecule has 0 aromatic heterocycles. The second kappa shape index (κ2) is 15.2. The molecule has 0 fully saturated rings. The van der Waals surface area contributed by atoms with Crippen LogP contribution >= 0.6 is 0 Å². The van der Waals surface area contributed by atoms with Crippen molar-refractivity contribution in [1.82, 2.24) is 0 Å². The Kier molecular flexibility index (Phi) is 15.3. The quantitative estimate of drug-likeness (QED) is 0.148. The number of unbranched alkanes of at least 4 members (excludes halogenated alkanes) is 3. The maximum absolute atomic E-state index is 6.99. The van der Waals surface area contributed by atoms with Gasteiger partial charge >= 0.3 is 197 Å². The molecule has 1 nitrogen and oxygen atoms in total. The maximum atomic E-state index is 6.99. The van der Waals surface area contributed by atoms with Crippen molar-refractivity contribution in [2.24, 2.45) is 5.92 Å². The van der Waals surface area contributed by atoms with Crippen molar-refractivity contribution in [3.05, 3.63) is 10.2 Å². The van der Waals surface area contributed by atoms with Crippen LogP contribution in [0.1, 0.15) is 100 Å². The van der Waals surface area contributed by atoms with Gasteiger partial charge in [-0.25, -0.2) is 0 Å². The van der Waals surface area contributed by atoms with E-state index in [0.717, 1.165) is 6.42 Å². The molecule has 2 atom stereocenters. The molecule has 0 amide bonds. The zero-order valence-corrected chi connectivity index (χ0v) is 26.1. The number of hydrogen-bond acceptors (Lipinski definition) is 1. The number of rotatable bonds is 15. The molecule has 3 heteroatoms. The van der Waals surface area contributed by atoms with Crippen LogP contribution in [0.5, 0.6) is 0 Å². The average Bonchev–Trinajstić information content (AvgIpc) is 2.68. The summed E-state index contributed by atoms with van der Waals surface area (Å²) in [6.45, 7) is 23.2. The van der Waals surface area contributed by atoms with E-state index >= 15 is 0 Å². The second-order valence-corrected chi connectivity index (χ2v) is 28.7. The molecule has 0 aromatic carbocycles. The van der Waals surface area contributed by atoms with Crippen molar-refractivity contribution in [2.75, 3.05) is 0 Å². The molecule has 176 valence electrons. The summed E-state index contributed by atoms with van der Waals surface area (Å²) in [7, 11) is -1.82. The van der Waals surface area contributed by atoms with E-state index in [1.807, 2.05) is 6.92 Å². The molecule has 0 aromatic rings. The molecule has 0 radical (unpaired) electrons. The van der Waals surface area contributed by atoms with Crippen LogP contribution in [0, 0.1) is 17.8 Å². The summed E-state index contributed by atoms with van der Waals surface area (Å²) in [6.07, 6.45) is 11.9. The van der Waals surface area contributed by atoms with E-state index in [9.17, 15) is 0 Å². The fourth-order valence-corrected chi connectivity index (χ4v) is 19.4. The summed E-state index contributed by atoms with van der Waals surface area (Å²) in [5.41, 5.74) is 0. The van der Waals surface area contributed by atoms with Crippen LogP contribution in [0.25, 0.3) is 0 Å². The Morgan fingerprint density at radius 2 is 1.40 bits per heavy atom. The van der Waals surface area contributed by atoms with Gasteiger partial charge in [-0.1, -0.05) is 0 Å². The van der Waals surface area contributed by atoms with E-state index in [0.29, 0.717) is 5.92 Å². The minimum atomic E-state index is -2.29. The molecular weight excluding hydrogens is 487 g/mol. The zero-order chi connectivity index (χ0) is 23.3. The van der Waals surface area contributed by atoms with Gasteiger partial charge in [-0.2, -0.15) is 0 Å². The van der Waals surface area contributed by atoms with E-state index in [4.69, 9.17) is 4.43 Å². The Morgan fingerprint density at radius 1 is 0.933 bits per heavy atom. The van der Waals surface area contributed by atoms with E-state index in [2.05, 4.69) is 83.6 Å². The molecule has 0 N–H and O–H groups in total. The predicted molar refractivity (Wildman–Crippen MR) is 143 cm³/mol. The van der Waals surface area contributed by atoms with Gasteiger partial charge in [0, 0.05) is 0 Å². The molecule has 0 aliphatic heterocycles. The van der Waals surface area contributed by atoms with Crippen LogP contribution < -0.4 is 0 Å². The Labute approximate surface area is 196 Å². The molecule has 0 rings (SSSR count). The third-order valence-corrected chi connectivity index (χ3v) is 25.7. The van der Waals surface area contributed by atoms with Crippen LogP contribution in [0.2, 0.25) is 31.4 Å². The van der Waals surface area contributed by atoms with Gasteiger partial charge in [0.05, 0.1) is 0 Å². The summed E-state index contributed by atoms with van der Waals surface area (Å²) in [6, 6.07) is 0. The van der Waals surface area contributed by atoms with Gasteiger partial charge in [-0.3, -0.25) is 0 Å². The topological polar surface area (TPSA) is 9.23 Å². The zero-order valence-electron chi connectivity index (χ0n) is 22.3. The molecular formula is C27H54OSiSn. The van der Waals surface area contributed by atoms with Gasteiger partial charge in [0.25, 0.3) is 0 Å². The third-order valence-electron chi connectivity index (χ3n) is 7.12. The molecule has 0 saturated heterocycles. The first-order valence-corrected chi connectivity index (χ1v) is 23.4. The fourth-order valence-electron chi connectivity index (χ4n) is 3.75. The Bertz CT molecular complexity index is 514. The Hall–Kier alpha value is 0.276.